The van der Waals surface area contributed by atoms with Gasteiger partial charge in [0, 0.05) is 6.54 Å². The summed E-state index contributed by atoms with van der Waals surface area (Å²) >= 11 is 0. The number of hydrogen-bond acceptors (Lipinski definition) is 7. The van der Waals surface area contributed by atoms with E-state index < -0.39 is 6.04 Å². The summed E-state index contributed by atoms with van der Waals surface area (Å²) in [7, 11) is 0. The number of anilines is 1. The molecule has 0 aliphatic heterocycles. The lowest BCUT2D eigenvalue weighted by Gasteiger charge is -2.18. The monoisotopic (exact) mass is 482 g/mol. The number of hydrogen-bond donors (Lipinski definition) is 2. The zero-order valence-electron chi connectivity index (χ0n) is 18.7. The van der Waals surface area contributed by atoms with Gasteiger partial charge >= 0.3 is 0 Å². The molecule has 0 saturated carbocycles. The lowest BCUT2D eigenvalue weighted by Crippen LogP contribution is -2.33. The number of rotatable bonds is 6. The normalized spacial score (nSPS) is 12.2. The van der Waals surface area contributed by atoms with Crippen molar-refractivity contribution in [3.05, 3.63) is 96.1 Å². The Bertz CT molecular complexity index is 1670. The molecule has 0 saturated heterocycles. The fourth-order valence-electron chi connectivity index (χ4n) is 4.05. The molecule has 3 N–H and O–H groups in total. The van der Waals surface area contributed by atoms with Crippen molar-refractivity contribution in [3.8, 4) is 11.6 Å². The van der Waals surface area contributed by atoms with E-state index in [9.17, 15) is 9.18 Å². The minimum Gasteiger partial charge on any atom is -0.461 e. The SMILES string of the molecule is Nc1nc2c(cnn2C(C(=O)NCc2ccc(F)cc2)c2ccccc2)c2nc(-c3ccco3)nn12. The highest BCUT2D eigenvalue weighted by Gasteiger charge is 2.27. The van der Waals surface area contributed by atoms with Crippen molar-refractivity contribution >= 4 is 28.5 Å². The quantitative estimate of drug-likeness (QED) is 0.372. The Labute approximate surface area is 203 Å². The van der Waals surface area contributed by atoms with Gasteiger partial charge in [-0.1, -0.05) is 42.5 Å². The van der Waals surface area contributed by atoms with Gasteiger partial charge in [-0.15, -0.1) is 5.10 Å². The molecule has 11 heteroatoms. The standard InChI is InChI=1S/C25H19FN8O2/c26-17-10-8-15(9-11-17)13-28-24(35)20(16-5-2-1-3-6-16)33-23-18(14-29-33)22-30-21(19-7-4-12-36-19)32-34(22)25(27)31-23/h1-12,14,20H,13H2,(H2,27,31)(H,28,35). The van der Waals surface area contributed by atoms with Crippen LogP contribution in [0, 0.1) is 5.82 Å². The Balaban J connectivity index is 1.43. The number of nitrogen functional groups attached to an aromatic ring is 1. The van der Waals surface area contributed by atoms with Crippen molar-refractivity contribution in [2.24, 2.45) is 0 Å². The van der Waals surface area contributed by atoms with Crippen LogP contribution in [0.1, 0.15) is 17.2 Å². The van der Waals surface area contributed by atoms with Gasteiger partial charge < -0.3 is 15.5 Å². The number of benzene rings is 2. The van der Waals surface area contributed by atoms with E-state index in [-0.39, 0.29) is 24.2 Å². The van der Waals surface area contributed by atoms with Crippen LogP contribution in [0.4, 0.5) is 10.3 Å². The van der Waals surface area contributed by atoms with Gasteiger partial charge in [0.1, 0.15) is 5.82 Å². The third kappa shape index (κ3) is 3.72. The Morgan fingerprint density at radius 1 is 1.03 bits per heavy atom. The zero-order chi connectivity index (χ0) is 24.6. The molecule has 0 aliphatic carbocycles. The fourth-order valence-corrected chi connectivity index (χ4v) is 4.05. The van der Waals surface area contributed by atoms with Crippen molar-refractivity contribution in [2.45, 2.75) is 12.6 Å². The number of halogens is 1. The zero-order valence-corrected chi connectivity index (χ0v) is 18.7. The topological polar surface area (TPSA) is 129 Å². The summed E-state index contributed by atoms with van der Waals surface area (Å²) in [5.41, 5.74) is 8.51. The van der Waals surface area contributed by atoms with Gasteiger partial charge in [0.15, 0.2) is 23.1 Å². The van der Waals surface area contributed by atoms with Crippen molar-refractivity contribution in [1.29, 1.82) is 0 Å². The van der Waals surface area contributed by atoms with Gasteiger partial charge in [0.2, 0.25) is 17.7 Å². The molecule has 6 aromatic rings. The van der Waals surface area contributed by atoms with Gasteiger partial charge in [-0.3, -0.25) is 4.79 Å². The number of nitrogens with two attached hydrogens (primary N) is 1. The number of carbonyl (C=O) groups excluding carboxylic acids is 1. The summed E-state index contributed by atoms with van der Waals surface area (Å²) in [5, 5.41) is 12.4. The molecule has 4 heterocycles. The van der Waals surface area contributed by atoms with E-state index in [0.717, 1.165) is 5.56 Å². The number of furan rings is 1. The van der Waals surface area contributed by atoms with E-state index in [1.54, 1.807) is 30.5 Å². The molecule has 0 fully saturated rings. The lowest BCUT2D eigenvalue weighted by atomic mass is 10.1. The third-order valence-corrected chi connectivity index (χ3v) is 5.78. The van der Waals surface area contributed by atoms with Gasteiger partial charge in [0.05, 0.1) is 17.8 Å². The maximum absolute atomic E-state index is 13.5. The first-order valence-corrected chi connectivity index (χ1v) is 11.1. The molecule has 2 aromatic carbocycles. The average Bonchev–Trinajstić information content (AvgIpc) is 3.65. The smallest absolute Gasteiger partial charge is 0.249 e. The van der Waals surface area contributed by atoms with E-state index in [2.05, 4.69) is 25.5 Å². The van der Waals surface area contributed by atoms with E-state index in [1.807, 2.05) is 30.3 Å². The molecule has 178 valence electrons. The molecule has 0 bridgehead atoms. The van der Waals surface area contributed by atoms with Crippen LogP contribution in [0.3, 0.4) is 0 Å². The first kappa shape index (κ1) is 21.5. The largest absolute Gasteiger partial charge is 0.461 e. The maximum atomic E-state index is 13.5. The highest BCUT2D eigenvalue weighted by atomic mass is 19.1. The van der Waals surface area contributed by atoms with E-state index in [0.29, 0.717) is 33.8 Å². The summed E-state index contributed by atoms with van der Waals surface area (Å²) in [5.74, 6) is 0.275. The average molecular weight is 482 g/mol. The molecular formula is C25H19FN8O2. The number of nitrogens with one attached hydrogen (secondary N) is 1. The van der Waals surface area contributed by atoms with Crippen LogP contribution in [0.15, 0.2) is 83.6 Å². The number of nitrogens with zero attached hydrogens (tertiary/aromatic N) is 6. The van der Waals surface area contributed by atoms with Crippen molar-refractivity contribution in [1.82, 2.24) is 34.7 Å². The minimum atomic E-state index is -0.842. The number of carbonyl (C=O) groups is 1. The first-order valence-electron chi connectivity index (χ1n) is 11.1. The second-order valence-electron chi connectivity index (χ2n) is 8.10. The summed E-state index contributed by atoms with van der Waals surface area (Å²) in [6.07, 6.45) is 3.12. The molecule has 0 radical (unpaired) electrons. The highest BCUT2D eigenvalue weighted by molar-refractivity contribution is 5.92. The van der Waals surface area contributed by atoms with Crippen LogP contribution in [0.2, 0.25) is 0 Å². The molecule has 10 nitrogen and oxygen atoms in total. The van der Waals surface area contributed by atoms with Gasteiger partial charge in [-0.25, -0.2) is 14.1 Å². The Morgan fingerprint density at radius 3 is 2.58 bits per heavy atom. The van der Waals surface area contributed by atoms with Gasteiger partial charge in [0.25, 0.3) is 0 Å². The first-order chi connectivity index (χ1) is 17.6. The predicted octanol–water partition coefficient (Wildman–Crippen LogP) is 3.36. The molecule has 0 aliphatic rings. The molecule has 1 unspecified atom stereocenters. The van der Waals surface area contributed by atoms with E-state index in [1.165, 1.54) is 27.6 Å². The van der Waals surface area contributed by atoms with Crippen LogP contribution in [0.25, 0.3) is 28.3 Å². The van der Waals surface area contributed by atoms with Crippen LogP contribution in [-0.2, 0) is 11.3 Å². The van der Waals surface area contributed by atoms with Crippen molar-refractivity contribution < 1.29 is 13.6 Å². The lowest BCUT2D eigenvalue weighted by molar-refractivity contribution is -0.123. The molecule has 36 heavy (non-hydrogen) atoms. The van der Waals surface area contributed by atoms with Gasteiger partial charge in [-0.05, 0) is 35.4 Å². The number of fused-ring (bicyclic) bond motifs is 3. The van der Waals surface area contributed by atoms with Crippen LogP contribution in [0.5, 0.6) is 0 Å². The third-order valence-electron chi connectivity index (χ3n) is 5.78. The van der Waals surface area contributed by atoms with E-state index >= 15 is 0 Å². The van der Waals surface area contributed by atoms with E-state index in [4.69, 9.17) is 10.2 Å². The second kappa shape index (κ2) is 8.62. The summed E-state index contributed by atoms with van der Waals surface area (Å²) in [4.78, 5) is 22.6. The molecule has 0 spiro atoms. The molecule has 6 rings (SSSR count). The molecular weight excluding hydrogens is 463 g/mol. The summed E-state index contributed by atoms with van der Waals surface area (Å²) in [6, 6.07) is 17.8. The Hall–Kier alpha value is -5.06. The Morgan fingerprint density at radius 2 is 1.83 bits per heavy atom. The summed E-state index contributed by atoms with van der Waals surface area (Å²) in [6.45, 7) is 0.220. The maximum Gasteiger partial charge on any atom is 0.249 e. The van der Waals surface area contributed by atoms with Gasteiger partial charge in [-0.2, -0.15) is 14.6 Å². The predicted molar refractivity (Wildman–Crippen MR) is 129 cm³/mol. The molecule has 1 amide bonds. The fraction of sp³-hybridized carbons (Fsp3) is 0.0800. The molecule has 4 aromatic heterocycles. The number of aromatic nitrogens is 6. The van der Waals surface area contributed by atoms with Crippen molar-refractivity contribution in [2.75, 3.05) is 5.73 Å². The van der Waals surface area contributed by atoms with Crippen LogP contribution in [-0.4, -0.2) is 35.3 Å². The van der Waals surface area contributed by atoms with Crippen molar-refractivity contribution in [3.63, 3.8) is 0 Å². The Kier molecular flexibility index (Phi) is 5.14. The molecule has 1 atom stereocenters. The highest BCUT2D eigenvalue weighted by Crippen LogP contribution is 2.27. The van der Waals surface area contributed by atoms with Crippen LogP contribution >= 0.6 is 0 Å². The second-order valence-corrected chi connectivity index (χ2v) is 8.10. The number of amides is 1. The van der Waals surface area contributed by atoms with Crippen LogP contribution < -0.4 is 11.1 Å². The minimum absolute atomic E-state index is 0.0862. The summed E-state index contributed by atoms with van der Waals surface area (Å²) < 4.78 is 21.6.